The van der Waals surface area contributed by atoms with Crippen molar-refractivity contribution >= 4 is 11.6 Å². The molecule has 18 heavy (non-hydrogen) atoms. The summed E-state index contributed by atoms with van der Waals surface area (Å²) >= 11 is 0. The van der Waals surface area contributed by atoms with Crippen LogP contribution in [0, 0.1) is 0 Å². The van der Waals surface area contributed by atoms with Gasteiger partial charge in [0.25, 0.3) is 5.91 Å². The quantitative estimate of drug-likeness (QED) is 0.683. The normalized spacial score (nSPS) is 10.6. The molecule has 0 spiro atoms. The topological polar surface area (TPSA) is 71.2 Å². The number of carbonyl (C=O) groups excluding carboxylic acids is 1. The monoisotopic (exact) mass is 250 g/mol. The van der Waals surface area contributed by atoms with E-state index in [4.69, 9.17) is 5.73 Å². The van der Waals surface area contributed by atoms with Crippen LogP contribution >= 0.6 is 0 Å². The molecule has 1 rings (SSSR count). The number of anilines is 1. The molecule has 0 fully saturated rings. The molecule has 0 aliphatic carbocycles. The Labute approximate surface area is 108 Å². The highest BCUT2D eigenvalue weighted by molar-refractivity contribution is 5.91. The minimum atomic E-state index is -0.498. The van der Waals surface area contributed by atoms with Gasteiger partial charge in [0.15, 0.2) is 0 Å². The van der Waals surface area contributed by atoms with Crippen LogP contribution < -0.4 is 11.1 Å². The van der Waals surface area contributed by atoms with Crippen LogP contribution in [0.1, 0.15) is 30.8 Å². The first-order valence-corrected chi connectivity index (χ1v) is 6.39. The minimum Gasteiger partial charge on any atom is -0.385 e. The molecule has 3 N–H and O–H groups in total. The zero-order valence-corrected chi connectivity index (χ0v) is 11.1. The largest absolute Gasteiger partial charge is 0.385 e. The number of nitrogens with two attached hydrogens (primary N) is 1. The lowest BCUT2D eigenvalue weighted by molar-refractivity contribution is 0.0995. The number of hydrogen-bond donors (Lipinski definition) is 2. The van der Waals surface area contributed by atoms with Crippen molar-refractivity contribution in [3.8, 4) is 0 Å². The maximum Gasteiger partial charge on any atom is 0.267 e. The van der Waals surface area contributed by atoms with Gasteiger partial charge in [-0.1, -0.05) is 13.8 Å². The number of aromatic nitrogens is 1. The van der Waals surface area contributed by atoms with Crippen LogP contribution in [0.3, 0.4) is 0 Å². The van der Waals surface area contributed by atoms with Gasteiger partial charge in [0, 0.05) is 18.4 Å². The van der Waals surface area contributed by atoms with Gasteiger partial charge in [-0.05, 0) is 38.2 Å². The van der Waals surface area contributed by atoms with E-state index in [9.17, 15) is 4.79 Å². The van der Waals surface area contributed by atoms with Crippen LogP contribution in [0.5, 0.6) is 0 Å². The van der Waals surface area contributed by atoms with E-state index in [0.29, 0.717) is 5.69 Å². The lowest BCUT2D eigenvalue weighted by atomic mass is 10.3. The molecule has 0 bridgehead atoms. The number of hydrogen-bond acceptors (Lipinski definition) is 4. The van der Waals surface area contributed by atoms with Crippen molar-refractivity contribution in [2.45, 2.75) is 20.3 Å². The van der Waals surface area contributed by atoms with Crippen LogP contribution in [0.2, 0.25) is 0 Å². The van der Waals surface area contributed by atoms with Gasteiger partial charge < -0.3 is 16.0 Å². The van der Waals surface area contributed by atoms with E-state index in [1.165, 1.54) is 0 Å². The van der Waals surface area contributed by atoms with Gasteiger partial charge in [0.1, 0.15) is 5.69 Å². The zero-order valence-electron chi connectivity index (χ0n) is 11.1. The van der Waals surface area contributed by atoms with E-state index in [1.54, 1.807) is 12.3 Å². The average molecular weight is 250 g/mol. The fraction of sp³-hybridized carbons (Fsp3) is 0.538. The Morgan fingerprint density at radius 1 is 1.44 bits per heavy atom. The van der Waals surface area contributed by atoms with Crippen molar-refractivity contribution in [2.75, 3.05) is 31.5 Å². The number of nitrogens with one attached hydrogen (secondary N) is 1. The highest BCUT2D eigenvalue weighted by Gasteiger charge is 2.02. The van der Waals surface area contributed by atoms with Crippen molar-refractivity contribution in [3.05, 3.63) is 24.0 Å². The smallest absolute Gasteiger partial charge is 0.267 e. The van der Waals surface area contributed by atoms with Crippen molar-refractivity contribution in [1.82, 2.24) is 9.88 Å². The molecule has 0 saturated heterocycles. The van der Waals surface area contributed by atoms with Crippen molar-refractivity contribution in [1.29, 1.82) is 0 Å². The summed E-state index contributed by atoms with van der Waals surface area (Å²) in [4.78, 5) is 17.3. The van der Waals surface area contributed by atoms with Gasteiger partial charge in [0.05, 0.1) is 0 Å². The second-order valence-corrected chi connectivity index (χ2v) is 4.10. The van der Waals surface area contributed by atoms with Gasteiger partial charge >= 0.3 is 0 Å². The third kappa shape index (κ3) is 4.71. The van der Waals surface area contributed by atoms with Gasteiger partial charge in [-0.15, -0.1) is 0 Å². The lowest BCUT2D eigenvalue weighted by Crippen LogP contribution is -2.25. The SMILES string of the molecule is CCN(CC)CCCNc1ccnc(C(N)=O)c1. The summed E-state index contributed by atoms with van der Waals surface area (Å²) in [5.41, 5.74) is 6.36. The molecule has 1 aromatic rings. The molecular formula is C13H22N4O. The molecule has 1 amide bonds. The van der Waals surface area contributed by atoms with Gasteiger partial charge in [-0.2, -0.15) is 0 Å². The van der Waals surface area contributed by atoms with E-state index >= 15 is 0 Å². The average Bonchev–Trinajstić information content (AvgIpc) is 2.39. The third-order valence-electron chi connectivity index (χ3n) is 2.89. The minimum absolute atomic E-state index is 0.295. The Kier molecular flexibility index (Phi) is 6.14. The van der Waals surface area contributed by atoms with Gasteiger partial charge in [-0.25, -0.2) is 0 Å². The van der Waals surface area contributed by atoms with Crippen LogP contribution in [-0.2, 0) is 0 Å². The molecule has 100 valence electrons. The zero-order chi connectivity index (χ0) is 13.4. The first kappa shape index (κ1) is 14.4. The van der Waals surface area contributed by atoms with E-state index in [1.807, 2.05) is 6.07 Å². The fourth-order valence-electron chi connectivity index (χ4n) is 1.75. The number of nitrogens with zero attached hydrogens (tertiary/aromatic N) is 2. The van der Waals surface area contributed by atoms with Crippen LogP contribution in [-0.4, -0.2) is 42.0 Å². The third-order valence-corrected chi connectivity index (χ3v) is 2.89. The highest BCUT2D eigenvalue weighted by Crippen LogP contribution is 2.07. The predicted octanol–water partition coefficient (Wildman–Crippen LogP) is 1.32. The molecule has 1 aromatic heterocycles. The maximum atomic E-state index is 11.0. The highest BCUT2D eigenvalue weighted by atomic mass is 16.1. The number of carbonyl (C=O) groups is 1. The molecule has 0 aliphatic heterocycles. The first-order chi connectivity index (χ1) is 8.67. The summed E-state index contributed by atoms with van der Waals surface area (Å²) in [6.07, 6.45) is 2.66. The van der Waals surface area contributed by atoms with E-state index in [-0.39, 0.29) is 0 Å². The van der Waals surface area contributed by atoms with Crippen LogP contribution in [0.25, 0.3) is 0 Å². The summed E-state index contributed by atoms with van der Waals surface area (Å²) in [5, 5.41) is 3.27. The number of amides is 1. The first-order valence-electron chi connectivity index (χ1n) is 6.39. The van der Waals surface area contributed by atoms with E-state index in [2.05, 4.69) is 29.0 Å². The Balaban J connectivity index is 2.35. The molecule has 1 heterocycles. The van der Waals surface area contributed by atoms with Crippen molar-refractivity contribution in [3.63, 3.8) is 0 Å². The van der Waals surface area contributed by atoms with Crippen LogP contribution in [0.15, 0.2) is 18.3 Å². The standard InChI is InChI=1S/C13H22N4O/c1-3-17(4-2)9-5-7-15-11-6-8-16-12(10-11)13(14)18/h6,8,10H,3-5,7,9H2,1-2H3,(H2,14,18)(H,15,16). The van der Waals surface area contributed by atoms with E-state index < -0.39 is 5.91 Å². The van der Waals surface area contributed by atoms with Gasteiger partial charge in [-0.3, -0.25) is 9.78 Å². The molecular weight excluding hydrogens is 228 g/mol. The number of pyridine rings is 1. The number of primary amides is 1. The molecule has 0 aromatic carbocycles. The predicted molar refractivity (Wildman–Crippen MR) is 73.6 cm³/mol. The summed E-state index contributed by atoms with van der Waals surface area (Å²) in [6.45, 7) is 8.44. The molecule has 0 saturated carbocycles. The summed E-state index contributed by atoms with van der Waals surface area (Å²) < 4.78 is 0. The molecule has 0 unspecified atom stereocenters. The second-order valence-electron chi connectivity index (χ2n) is 4.10. The Bertz CT molecular complexity index is 377. The molecule has 0 aliphatic rings. The van der Waals surface area contributed by atoms with E-state index in [0.717, 1.165) is 38.3 Å². The molecule has 0 radical (unpaired) electrons. The Hall–Kier alpha value is -1.62. The van der Waals surface area contributed by atoms with Crippen molar-refractivity contribution < 1.29 is 4.79 Å². The fourth-order valence-corrected chi connectivity index (χ4v) is 1.75. The summed E-state index contributed by atoms with van der Waals surface area (Å²) in [5.74, 6) is -0.498. The van der Waals surface area contributed by atoms with Crippen LogP contribution in [0.4, 0.5) is 5.69 Å². The Morgan fingerprint density at radius 2 is 2.17 bits per heavy atom. The molecule has 5 heteroatoms. The summed E-state index contributed by atoms with van der Waals surface area (Å²) in [7, 11) is 0. The summed E-state index contributed by atoms with van der Waals surface area (Å²) in [6, 6.07) is 3.52. The second kappa shape index (κ2) is 7.66. The Morgan fingerprint density at radius 3 is 2.78 bits per heavy atom. The molecule has 5 nitrogen and oxygen atoms in total. The number of rotatable bonds is 8. The van der Waals surface area contributed by atoms with Gasteiger partial charge in [0.2, 0.25) is 0 Å². The molecule has 0 atom stereocenters. The maximum absolute atomic E-state index is 11.0. The van der Waals surface area contributed by atoms with Crippen molar-refractivity contribution in [2.24, 2.45) is 5.73 Å². The lowest BCUT2D eigenvalue weighted by Gasteiger charge is -2.17.